The topological polar surface area (TPSA) is 173 Å². The summed E-state index contributed by atoms with van der Waals surface area (Å²) in [5, 5.41) is 22.2. The molecule has 0 saturated heterocycles. The zero-order chi connectivity index (χ0) is 41.3. The lowest BCUT2D eigenvalue weighted by Crippen LogP contribution is -2.33. The van der Waals surface area contributed by atoms with Crippen LogP contribution in [0, 0.1) is 13.8 Å². The molecule has 2 N–H and O–H groups in total. The van der Waals surface area contributed by atoms with Crippen LogP contribution in [0.1, 0.15) is 17.5 Å². The molecular formula is C45H44O13. The molecule has 2 unspecified atom stereocenters. The fourth-order valence-electron chi connectivity index (χ4n) is 6.24. The van der Waals surface area contributed by atoms with Gasteiger partial charge in [-0.1, -0.05) is 30.8 Å². The Morgan fingerprint density at radius 2 is 1.14 bits per heavy atom. The number of aliphatic hydroxyl groups excluding tert-OH is 2. The van der Waals surface area contributed by atoms with Crippen molar-refractivity contribution in [2.45, 2.75) is 38.6 Å². The number of carbonyl (C=O) groups is 1. The van der Waals surface area contributed by atoms with Gasteiger partial charge in [0.15, 0.2) is 0 Å². The largest absolute Gasteiger partial charge is 0.496 e. The summed E-state index contributed by atoms with van der Waals surface area (Å²) in [5.74, 6) is 1.16. The molecule has 58 heavy (non-hydrogen) atoms. The average molecular weight is 793 g/mol. The molecule has 6 aromatic rings. The number of hydrogen-bond acceptors (Lipinski definition) is 13. The smallest absolute Gasteiger partial charge is 0.344 e. The predicted octanol–water partition coefficient (Wildman–Crippen LogP) is 6.55. The molecule has 13 nitrogen and oxygen atoms in total. The molecular weight excluding hydrogens is 748 g/mol. The standard InChI is InChI=1S/C45H44O13/c1-6-43(48)56-23-31(47)19-30(46)22-53-34(24-54-32-11-9-28-17-37(44(49)57-39(28)20-32)35-13-7-26(2)15-41(35)51-4)25-55-33-12-10-29-18-38(45(50)58-40(29)21-33)36-14-8-27(3)16-42(36)52-5/h6-18,20-21,30-31,34,46-47H,1,19,22-25H2,2-5H3. The van der Waals surface area contributed by atoms with Crippen LogP contribution >= 0.6 is 0 Å². The highest BCUT2D eigenvalue weighted by atomic mass is 16.6. The minimum Gasteiger partial charge on any atom is -0.496 e. The Morgan fingerprint density at radius 1 is 0.655 bits per heavy atom. The second kappa shape index (κ2) is 18.7. The summed E-state index contributed by atoms with van der Waals surface area (Å²) in [6.45, 7) is 6.50. The van der Waals surface area contributed by atoms with Crippen molar-refractivity contribution in [1.82, 2.24) is 0 Å². The second-order valence-corrected chi connectivity index (χ2v) is 13.7. The maximum Gasteiger partial charge on any atom is 0.344 e. The van der Waals surface area contributed by atoms with Crippen molar-refractivity contribution in [2.24, 2.45) is 0 Å². The molecule has 6 rings (SSSR count). The summed E-state index contributed by atoms with van der Waals surface area (Å²) in [5.41, 5.74) is 3.40. The van der Waals surface area contributed by atoms with E-state index in [9.17, 15) is 24.6 Å². The third-order valence-electron chi connectivity index (χ3n) is 9.23. The first-order valence-corrected chi connectivity index (χ1v) is 18.4. The second-order valence-electron chi connectivity index (χ2n) is 13.7. The Hall–Kier alpha value is -6.41. The molecule has 0 aliphatic carbocycles. The molecule has 0 amide bonds. The van der Waals surface area contributed by atoms with Gasteiger partial charge in [0, 0.05) is 46.5 Å². The van der Waals surface area contributed by atoms with Crippen LogP contribution < -0.4 is 30.2 Å². The fourth-order valence-corrected chi connectivity index (χ4v) is 6.24. The molecule has 302 valence electrons. The van der Waals surface area contributed by atoms with E-state index < -0.39 is 35.5 Å². The minimum absolute atomic E-state index is 0.0645. The number of ether oxygens (including phenoxy) is 6. The molecule has 0 bridgehead atoms. The molecule has 4 aromatic carbocycles. The van der Waals surface area contributed by atoms with Gasteiger partial charge in [-0.05, 0) is 73.5 Å². The van der Waals surface area contributed by atoms with E-state index in [4.69, 9.17) is 37.3 Å². The SMILES string of the molecule is C=CC(=O)OCC(O)CC(O)COC(COc1ccc2cc(-c3ccc(C)cc3OC)c(=O)oc2c1)COc1ccc2cc(-c3ccc(C)cc3OC)c(=O)oc2c1. The summed E-state index contributed by atoms with van der Waals surface area (Å²) in [4.78, 5) is 37.6. The first kappa shape index (κ1) is 41.2. The minimum atomic E-state index is -1.15. The fraction of sp³-hybridized carbons (Fsp3) is 0.267. The molecule has 0 radical (unpaired) electrons. The van der Waals surface area contributed by atoms with Crippen LogP contribution in [0.4, 0.5) is 0 Å². The normalized spacial score (nSPS) is 12.3. The molecule has 2 aromatic heterocycles. The monoisotopic (exact) mass is 792 g/mol. The van der Waals surface area contributed by atoms with Crippen LogP contribution in [-0.4, -0.2) is 75.1 Å². The molecule has 2 heterocycles. The van der Waals surface area contributed by atoms with Gasteiger partial charge in [-0.3, -0.25) is 0 Å². The highest BCUT2D eigenvalue weighted by Gasteiger charge is 2.20. The quantitative estimate of drug-likeness (QED) is 0.0546. The van der Waals surface area contributed by atoms with Crippen LogP contribution in [0.5, 0.6) is 23.0 Å². The van der Waals surface area contributed by atoms with Crippen LogP contribution in [0.3, 0.4) is 0 Å². The molecule has 0 spiro atoms. The van der Waals surface area contributed by atoms with Gasteiger partial charge in [0.05, 0.1) is 44.2 Å². The Kier molecular flexibility index (Phi) is 13.3. The molecule has 0 saturated carbocycles. The van der Waals surface area contributed by atoms with E-state index >= 15 is 0 Å². The zero-order valence-electron chi connectivity index (χ0n) is 32.5. The summed E-state index contributed by atoms with van der Waals surface area (Å²) in [7, 11) is 3.09. The van der Waals surface area contributed by atoms with Crippen molar-refractivity contribution in [3.05, 3.63) is 130 Å². The third kappa shape index (κ3) is 10.1. The molecule has 0 fully saturated rings. The van der Waals surface area contributed by atoms with Gasteiger partial charge in [-0.25, -0.2) is 14.4 Å². The predicted molar refractivity (Wildman–Crippen MR) is 217 cm³/mol. The van der Waals surface area contributed by atoms with Gasteiger partial charge in [-0.2, -0.15) is 0 Å². The van der Waals surface area contributed by atoms with Crippen molar-refractivity contribution in [3.63, 3.8) is 0 Å². The van der Waals surface area contributed by atoms with Gasteiger partial charge < -0.3 is 47.5 Å². The Morgan fingerprint density at radius 3 is 1.60 bits per heavy atom. The number of hydrogen-bond donors (Lipinski definition) is 2. The van der Waals surface area contributed by atoms with Gasteiger partial charge >= 0.3 is 17.2 Å². The molecule has 13 heteroatoms. The maximum absolute atomic E-state index is 13.1. The summed E-state index contributed by atoms with van der Waals surface area (Å²) >= 11 is 0. The number of aryl methyl sites for hydroxylation is 2. The Bertz CT molecular complexity index is 2380. The highest BCUT2D eigenvalue weighted by molar-refractivity contribution is 5.85. The average Bonchev–Trinajstić information content (AvgIpc) is 3.21. The van der Waals surface area contributed by atoms with Crippen LogP contribution in [0.25, 0.3) is 44.2 Å². The first-order chi connectivity index (χ1) is 27.9. The molecule has 0 aliphatic rings. The number of carbonyl (C=O) groups excluding carboxylic acids is 1. The Balaban J connectivity index is 1.18. The van der Waals surface area contributed by atoms with Crippen LogP contribution in [0.2, 0.25) is 0 Å². The lowest BCUT2D eigenvalue weighted by atomic mass is 10.0. The van der Waals surface area contributed by atoms with E-state index in [0.29, 0.717) is 67.2 Å². The zero-order valence-corrected chi connectivity index (χ0v) is 32.5. The number of aliphatic hydroxyl groups is 2. The van der Waals surface area contributed by atoms with E-state index in [2.05, 4.69) is 6.58 Å². The summed E-state index contributed by atoms with van der Waals surface area (Å²) in [6.07, 6.45) is -2.22. The maximum atomic E-state index is 13.1. The highest BCUT2D eigenvalue weighted by Crippen LogP contribution is 2.33. The number of fused-ring (bicyclic) bond motifs is 2. The van der Waals surface area contributed by atoms with E-state index in [0.717, 1.165) is 17.2 Å². The van der Waals surface area contributed by atoms with Crippen molar-refractivity contribution in [3.8, 4) is 45.3 Å². The number of methoxy groups -OCH3 is 2. The molecule has 0 aliphatic heterocycles. The van der Waals surface area contributed by atoms with Crippen molar-refractivity contribution >= 4 is 27.9 Å². The van der Waals surface area contributed by atoms with Gasteiger partial charge in [0.1, 0.15) is 60.1 Å². The van der Waals surface area contributed by atoms with Crippen molar-refractivity contribution < 1.29 is 52.3 Å². The van der Waals surface area contributed by atoms with E-state index in [-0.39, 0.29) is 32.8 Å². The number of benzene rings is 4. The van der Waals surface area contributed by atoms with E-state index in [1.54, 1.807) is 62.8 Å². The van der Waals surface area contributed by atoms with Gasteiger partial charge in [0.2, 0.25) is 0 Å². The van der Waals surface area contributed by atoms with Crippen LogP contribution in [0.15, 0.2) is 116 Å². The molecule has 2 atom stereocenters. The number of rotatable bonds is 18. The van der Waals surface area contributed by atoms with Gasteiger partial charge in [-0.15, -0.1) is 0 Å². The van der Waals surface area contributed by atoms with Crippen molar-refractivity contribution in [1.29, 1.82) is 0 Å². The summed E-state index contributed by atoms with van der Waals surface area (Å²) < 4.78 is 45.4. The number of esters is 1. The third-order valence-corrected chi connectivity index (χ3v) is 9.23. The van der Waals surface area contributed by atoms with Gasteiger partial charge in [0.25, 0.3) is 0 Å². The lowest BCUT2D eigenvalue weighted by molar-refractivity contribution is -0.141. The van der Waals surface area contributed by atoms with Crippen LogP contribution in [-0.2, 0) is 14.3 Å². The summed E-state index contributed by atoms with van der Waals surface area (Å²) in [6, 6.07) is 24.7. The van der Waals surface area contributed by atoms with E-state index in [1.807, 2.05) is 50.2 Å². The van der Waals surface area contributed by atoms with E-state index in [1.165, 1.54) is 0 Å². The van der Waals surface area contributed by atoms with Crippen molar-refractivity contribution in [2.75, 3.05) is 40.6 Å². The Labute approximate surface area is 333 Å². The lowest BCUT2D eigenvalue weighted by Gasteiger charge is -2.22. The first-order valence-electron chi connectivity index (χ1n) is 18.4.